The van der Waals surface area contributed by atoms with Gasteiger partial charge in [0.1, 0.15) is 11.4 Å². The fourth-order valence-corrected chi connectivity index (χ4v) is 6.54. The number of rotatable bonds is 10. The maximum Gasteiger partial charge on any atom is 0.421 e. The molecule has 1 aromatic heterocycles. The molecule has 44 heavy (non-hydrogen) atoms. The molecule has 6 rings (SSSR count). The van der Waals surface area contributed by atoms with Gasteiger partial charge >= 0.3 is 12.2 Å². The Morgan fingerprint density at radius 2 is 1.80 bits per heavy atom. The van der Waals surface area contributed by atoms with Crippen LogP contribution in [0.5, 0.6) is 0 Å². The number of piperidine rings is 1. The number of carbonyl (C=O) groups is 1. The second-order valence-corrected chi connectivity index (χ2v) is 12.5. The highest BCUT2D eigenvalue weighted by Crippen LogP contribution is 2.45. The molecular weight excluding hydrogens is 571 g/mol. The molecule has 13 heteroatoms. The molecule has 4 heterocycles. The van der Waals surface area contributed by atoms with Crippen molar-refractivity contribution in [2.24, 2.45) is 0 Å². The summed E-state index contributed by atoms with van der Waals surface area (Å²) in [5.74, 6) is 0.295. The van der Waals surface area contributed by atoms with Crippen LogP contribution in [0.25, 0.3) is 0 Å². The minimum Gasteiger partial charge on any atom is -0.371 e. The Morgan fingerprint density at radius 1 is 1.02 bits per heavy atom. The fourth-order valence-electron chi connectivity index (χ4n) is 6.54. The predicted molar refractivity (Wildman–Crippen MR) is 166 cm³/mol. The molecule has 3 aliphatic heterocycles. The van der Waals surface area contributed by atoms with Gasteiger partial charge in [-0.25, -0.2) is 9.78 Å². The number of alkyl halides is 3. The second kappa shape index (κ2) is 13.4. The fraction of sp³-hybridized carbons (Fsp3) is 0.645. The summed E-state index contributed by atoms with van der Waals surface area (Å²) < 4.78 is 41.4. The van der Waals surface area contributed by atoms with Crippen molar-refractivity contribution in [2.45, 2.75) is 56.7 Å². The van der Waals surface area contributed by atoms with Crippen LogP contribution >= 0.6 is 0 Å². The molecule has 4 aliphatic rings. The lowest BCUT2D eigenvalue weighted by molar-refractivity contribution is -0.137. The van der Waals surface area contributed by atoms with Crippen LogP contribution in [0.1, 0.15) is 55.6 Å². The third-order valence-corrected chi connectivity index (χ3v) is 9.34. The molecule has 0 spiro atoms. The zero-order valence-corrected chi connectivity index (χ0v) is 25.5. The average molecular weight is 616 g/mol. The highest BCUT2D eigenvalue weighted by atomic mass is 19.4. The van der Waals surface area contributed by atoms with Crippen LogP contribution in [0.3, 0.4) is 0 Å². The molecule has 0 radical (unpaired) electrons. The zero-order valence-electron chi connectivity index (χ0n) is 25.5. The molecule has 0 bridgehead atoms. The predicted octanol–water partition coefficient (Wildman–Crippen LogP) is 4.55. The summed E-state index contributed by atoms with van der Waals surface area (Å²) in [5, 5.41) is 8.86. The lowest BCUT2D eigenvalue weighted by atomic mass is 10.0. The van der Waals surface area contributed by atoms with Crippen molar-refractivity contribution < 1.29 is 18.0 Å². The van der Waals surface area contributed by atoms with Crippen LogP contribution in [0.2, 0.25) is 0 Å². The normalized spacial score (nSPS) is 21.0. The largest absolute Gasteiger partial charge is 0.421 e. The Morgan fingerprint density at radius 3 is 2.50 bits per heavy atom. The molecule has 1 aromatic carbocycles. The first kappa shape index (κ1) is 30.7. The quantitative estimate of drug-likeness (QED) is 0.336. The van der Waals surface area contributed by atoms with Crippen molar-refractivity contribution in [1.29, 1.82) is 0 Å². The number of likely N-dealkylation sites (N-methyl/N-ethyl adjacent to an activating group) is 1. The van der Waals surface area contributed by atoms with Gasteiger partial charge in [-0.3, -0.25) is 4.90 Å². The van der Waals surface area contributed by atoms with Gasteiger partial charge < -0.3 is 30.7 Å². The monoisotopic (exact) mass is 615 g/mol. The molecular formula is C31H44F3N9O. The minimum atomic E-state index is -4.59. The molecule has 2 aromatic rings. The van der Waals surface area contributed by atoms with Crippen LogP contribution in [0.15, 0.2) is 24.4 Å². The van der Waals surface area contributed by atoms with Crippen molar-refractivity contribution in [1.82, 2.24) is 30.0 Å². The summed E-state index contributed by atoms with van der Waals surface area (Å²) in [6.07, 6.45) is 2.11. The van der Waals surface area contributed by atoms with E-state index in [0.29, 0.717) is 38.0 Å². The van der Waals surface area contributed by atoms with Crippen molar-refractivity contribution in [3.63, 3.8) is 0 Å². The molecule has 4 fully saturated rings. The van der Waals surface area contributed by atoms with E-state index in [9.17, 15) is 18.0 Å². The van der Waals surface area contributed by atoms with Gasteiger partial charge in [0.15, 0.2) is 0 Å². The van der Waals surface area contributed by atoms with E-state index in [1.165, 1.54) is 11.3 Å². The number of hydrogen-bond acceptors (Lipinski definition) is 8. The number of amides is 2. The first-order valence-electron chi connectivity index (χ1n) is 16.0. The van der Waals surface area contributed by atoms with E-state index < -0.39 is 11.7 Å². The van der Waals surface area contributed by atoms with Gasteiger partial charge in [-0.05, 0) is 75.3 Å². The highest BCUT2D eigenvalue weighted by molar-refractivity contribution is 5.74. The summed E-state index contributed by atoms with van der Waals surface area (Å²) in [7, 11) is 2.19. The Bertz CT molecular complexity index is 1290. The third kappa shape index (κ3) is 7.48. The van der Waals surface area contributed by atoms with E-state index in [4.69, 9.17) is 0 Å². The van der Waals surface area contributed by atoms with E-state index in [1.807, 2.05) is 6.07 Å². The van der Waals surface area contributed by atoms with Gasteiger partial charge in [0.2, 0.25) is 5.95 Å². The molecule has 1 saturated carbocycles. The molecule has 3 N–H and O–H groups in total. The SMILES string of the molecule is CN1CCN(C2CCN(c3ccc(Nc4ncc(C(F)(F)F)c(NCCCN5CCCNC5=O)n4)c(C4CC4)c3)CC2)CC1. The lowest BCUT2D eigenvalue weighted by Crippen LogP contribution is -2.52. The van der Waals surface area contributed by atoms with Gasteiger partial charge in [0.25, 0.3) is 0 Å². The van der Waals surface area contributed by atoms with Crippen LogP contribution < -0.4 is 20.9 Å². The van der Waals surface area contributed by atoms with Crippen LogP contribution in [-0.2, 0) is 6.18 Å². The number of aromatic nitrogens is 2. The zero-order chi connectivity index (χ0) is 30.7. The number of nitrogens with one attached hydrogen (secondary N) is 3. The molecule has 10 nitrogen and oxygen atoms in total. The number of anilines is 4. The van der Waals surface area contributed by atoms with E-state index in [0.717, 1.165) is 83.3 Å². The topological polar surface area (TPSA) is 91.9 Å². The van der Waals surface area contributed by atoms with Gasteiger partial charge in [-0.15, -0.1) is 0 Å². The number of hydrogen-bond donors (Lipinski definition) is 3. The van der Waals surface area contributed by atoms with Crippen molar-refractivity contribution in [3.8, 4) is 0 Å². The number of nitrogens with zero attached hydrogens (tertiary/aromatic N) is 6. The van der Waals surface area contributed by atoms with Gasteiger partial charge in [0.05, 0.1) is 0 Å². The second-order valence-electron chi connectivity index (χ2n) is 12.5. The van der Waals surface area contributed by atoms with Crippen molar-refractivity contribution >= 4 is 29.2 Å². The number of halogens is 3. The Hall–Kier alpha value is -3.32. The van der Waals surface area contributed by atoms with Gasteiger partial charge in [-0.1, -0.05) is 0 Å². The molecule has 240 valence electrons. The van der Waals surface area contributed by atoms with E-state index in [-0.39, 0.29) is 24.3 Å². The van der Waals surface area contributed by atoms with E-state index >= 15 is 0 Å². The van der Waals surface area contributed by atoms with E-state index in [1.54, 1.807) is 4.90 Å². The summed E-state index contributed by atoms with van der Waals surface area (Å²) in [6, 6.07) is 6.88. The molecule has 0 atom stereocenters. The maximum absolute atomic E-state index is 13.8. The molecule has 1 aliphatic carbocycles. The van der Waals surface area contributed by atoms with Crippen LogP contribution in [0, 0.1) is 0 Å². The minimum absolute atomic E-state index is 0.124. The van der Waals surface area contributed by atoms with Crippen molar-refractivity contribution in [3.05, 3.63) is 35.5 Å². The smallest absolute Gasteiger partial charge is 0.371 e. The molecule has 0 unspecified atom stereocenters. The average Bonchev–Trinajstić information content (AvgIpc) is 3.86. The highest BCUT2D eigenvalue weighted by Gasteiger charge is 2.36. The Balaban J connectivity index is 1.10. The number of urea groups is 1. The van der Waals surface area contributed by atoms with Crippen LogP contribution in [-0.4, -0.2) is 109 Å². The number of carbonyl (C=O) groups excluding carboxylic acids is 1. The molecule has 2 amide bonds. The first-order valence-corrected chi connectivity index (χ1v) is 16.0. The standard InChI is InChI=1S/C31H44F3N9O/c1-40-16-18-42(19-17-40)23-8-14-41(15-9-23)24-6-7-27(25(20-24)22-4-5-22)38-29-37-21-26(31(32,33)34)28(39-29)35-10-2-12-43-13-3-11-36-30(43)44/h6-7,20-23H,2-5,8-19H2,1H3,(H,36,44)(H2,35,37,38,39). The number of piperazine rings is 1. The summed E-state index contributed by atoms with van der Waals surface area (Å²) >= 11 is 0. The first-order chi connectivity index (χ1) is 21.2. The van der Waals surface area contributed by atoms with Gasteiger partial charge in [0, 0.05) is 89.1 Å². The lowest BCUT2D eigenvalue weighted by Gasteiger charge is -2.42. The number of benzene rings is 1. The molecule has 3 saturated heterocycles. The third-order valence-electron chi connectivity index (χ3n) is 9.34. The summed E-state index contributed by atoms with van der Waals surface area (Å²) in [5.41, 5.74) is 2.30. The summed E-state index contributed by atoms with van der Waals surface area (Å²) in [6.45, 7) is 8.62. The Kier molecular flexibility index (Phi) is 9.31. The van der Waals surface area contributed by atoms with Crippen LogP contribution in [0.4, 0.5) is 41.1 Å². The van der Waals surface area contributed by atoms with Gasteiger partial charge in [-0.2, -0.15) is 18.2 Å². The van der Waals surface area contributed by atoms with E-state index in [2.05, 4.69) is 59.8 Å². The Labute approximate surface area is 257 Å². The van der Waals surface area contributed by atoms with Crippen molar-refractivity contribution in [2.75, 3.05) is 88.0 Å². The summed E-state index contributed by atoms with van der Waals surface area (Å²) in [4.78, 5) is 29.4. The maximum atomic E-state index is 13.8.